The van der Waals surface area contributed by atoms with Gasteiger partial charge in [-0.2, -0.15) is 0 Å². The van der Waals surface area contributed by atoms with Crippen LogP contribution in [0.2, 0.25) is 0 Å². The van der Waals surface area contributed by atoms with E-state index in [2.05, 4.69) is 224 Å². The van der Waals surface area contributed by atoms with Gasteiger partial charge in [-0.25, -0.2) is 29.9 Å². The monoisotopic (exact) mass is 958 g/mol. The van der Waals surface area contributed by atoms with Crippen molar-refractivity contribution in [3.05, 3.63) is 242 Å². The van der Waals surface area contributed by atoms with Crippen LogP contribution in [0.5, 0.6) is 0 Å². The molecule has 1 aliphatic heterocycles. The second-order valence-electron chi connectivity index (χ2n) is 19.6. The number of aromatic nitrogens is 7. The Labute approximate surface area is 431 Å². The number of allylic oxidation sites excluding steroid dienone is 2. The summed E-state index contributed by atoms with van der Waals surface area (Å²) in [6, 6.07) is 67.6. The van der Waals surface area contributed by atoms with Gasteiger partial charge in [0, 0.05) is 71.9 Å². The van der Waals surface area contributed by atoms with Crippen molar-refractivity contribution in [2.24, 2.45) is 0 Å². The van der Waals surface area contributed by atoms with Gasteiger partial charge in [0.05, 0.1) is 73.0 Å². The Bertz CT molecular complexity index is 4670. The first-order chi connectivity index (χ1) is 37.0. The highest BCUT2D eigenvalue weighted by atomic mass is 15.0. The van der Waals surface area contributed by atoms with E-state index >= 15 is 0 Å². The van der Waals surface area contributed by atoms with E-state index in [0.717, 1.165) is 144 Å². The molecule has 350 valence electrons. The Kier molecular flexibility index (Phi) is 9.53. The molecule has 75 heavy (non-hydrogen) atoms. The van der Waals surface area contributed by atoms with Crippen LogP contribution in [0.1, 0.15) is 18.2 Å². The molecule has 8 heteroatoms. The fourth-order valence-electron chi connectivity index (χ4n) is 11.0. The van der Waals surface area contributed by atoms with Gasteiger partial charge in [0.25, 0.3) is 0 Å². The first-order valence-electron chi connectivity index (χ1n) is 25.2. The first kappa shape index (κ1) is 42.6. The second kappa shape index (κ2) is 16.8. The second-order valence-corrected chi connectivity index (χ2v) is 19.6. The molecule has 15 rings (SSSR count). The molecule has 1 N–H and O–H groups in total. The minimum atomic E-state index is -0.393. The summed E-state index contributed by atoms with van der Waals surface area (Å²) < 4.78 is 0. The molecular formula is C67H42N8. The lowest BCUT2D eigenvalue weighted by Crippen LogP contribution is -2.41. The van der Waals surface area contributed by atoms with Crippen molar-refractivity contribution >= 4 is 71.5 Å². The molecule has 0 fully saturated rings. The third-order valence-electron chi connectivity index (χ3n) is 15.0. The maximum atomic E-state index is 5.34. The summed E-state index contributed by atoms with van der Waals surface area (Å²) in [5.41, 5.74) is 19.4. The standard InChI is InChI=1S/C67H42N8/c1-67-53(14-6-36-69-67)28-21-46-27-34-59(75-66(46)67)52-12-4-11-51(39-52)58-33-26-45-20-19-44-25-32-57(73-64(44)65(45)74-58)50-10-3-9-49(38-50)56-31-24-43-18-17-42-23-30-55(71-62(42)63(43)72-56)48-8-2-7-47(37-48)54-29-22-41-16-15-40-13-5-35-68-60(40)61(41)70-54/h2-39,69H,1H3. The Morgan fingerprint density at radius 3 is 1.13 bits per heavy atom. The number of dihydropyridines is 1. The number of nitrogens with one attached hydrogen (secondary N) is 1. The molecule has 0 amide bonds. The summed E-state index contributed by atoms with van der Waals surface area (Å²) in [6.07, 6.45) is 12.3. The number of pyridine rings is 7. The lowest BCUT2D eigenvalue weighted by atomic mass is 9.79. The van der Waals surface area contributed by atoms with Crippen molar-refractivity contribution in [1.82, 2.24) is 40.2 Å². The van der Waals surface area contributed by atoms with Gasteiger partial charge in [-0.15, -0.1) is 0 Å². The van der Waals surface area contributed by atoms with Crippen molar-refractivity contribution in [2.45, 2.75) is 12.5 Å². The number of nitrogens with zero attached hydrogens (tertiary/aromatic N) is 7. The van der Waals surface area contributed by atoms with Gasteiger partial charge >= 0.3 is 0 Å². The molecule has 2 aliphatic rings. The predicted octanol–water partition coefficient (Wildman–Crippen LogP) is 15.7. The van der Waals surface area contributed by atoms with E-state index in [0.29, 0.717) is 0 Å². The molecule has 7 aromatic heterocycles. The Balaban J connectivity index is 0.754. The Morgan fingerprint density at radius 2 is 0.707 bits per heavy atom. The molecule has 0 bridgehead atoms. The van der Waals surface area contributed by atoms with Crippen molar-refractivity contribution in [3.8, 4) is 67.5 Å². The number of hydrogen-bond donors (Lipinski definition) is 1. The third kappa shape index (κ3) is 7.17. The zero-order valence-electron chi connectivity index (χ0n) is 40.6. The number of rotatable bonds is 6. The summed E-state index contributed by atoms with van der Waals surface area (Å²) in [7, 11) is 0. The maximum absolute atomic E-state index is 5.34. The lowest BCUT2D eigenvalue weighted by molar-refractivity contribution is 0.482. The van der Waals surface area contributed by atoms with Crippen LogP contribution in [0.3, 0.4) is 0 Å². The predicted molar refractivity (Wildman–Crippen MR) is 305 cm³/mol. The van der Waals surface area contributed by atoms with Crippen molar-refractivity contribution in [1.29, 1.82) is 0 Å². The molecule has 1 atom stereocenters. The van der Waals surface area contributed by atoms with E-state index in [4.69, 9.17) is 29.9 Å². The average molecular weight is 959 g/mol. The van der Waals surface area contributed by atoms with Crippen LogP contribution < -0.4 is 5.32 Å². The topological polar surface area (TPSA) is 102 Å². The number of fused-ring (bicyclic) bond motifs is 12. The summed E-state index contributed by atoms with van der Waals surface area (Å²) in [6.45, 7) is 2.19. The highest BCUT2D eigenvalue weighted by Gasteiger charge is 2.36. The molecule has 8 nitrogen and oxygen atoms in total. The van der Waals surface area contributed by atoms with Gasteiger partial charge in [0.2, 0.25) is 0 Å². The van der Waals surface area contributed by atoms with E-state index in [-0.39, 0.29) is 0 Å². The molecule has 0 spiro atoms. The van der Waals surface area contributed by atoms with Gasteiger partial charge < -0.3 is 5.32 Å². The van der Waals surface area contributed by atoms with Crippen molar-refractivity contribution in [3.63, 3.8) is 0 Å². The van der Waals surface area contributed by atoms with Gasteiger partial charge in [-0.3, -0.25) is 4.98 Å². The van der Waals surface area contributed by atoms with E-state index in [1.807, 2.05) is 24.5 Å². The summed E-state index contributed by atoms with van der Waals surface area (Å²) in [5.74, 6) is 0. The van der Waals surface area contributed by atoms with Gasteiger partial charge in [0.15, 0.2) is 0 Å². The minimum absolute atomic E-state index is 0.393. The minimum Gasteiger partial charge on any atom is -0.376 e. The van der Waals surface area contributed by atoms with Crippen molar-refractivity contribution in [2.75, 3.05) is 0 Å². The van der Waals surface area contributed by atoms with Crippen LogP contribution in [0, 0.1) is 0 Å². The van der Waals surface area contributed by atoms with Gasteiger partial charge in [-0.1, -0.05) is 152 Å². The fourth-order valence-corrected chi connectivity index (χ4v) is 11.0. The summed E-state index contributed by atoms with van der Waals surface area (Å²) in [4.78, 5) is 36.4. The quantitative estimate of drug-likeness (QED) is 0.164. The van der Waals surface area contributed by atoms with Gasteiger partial charge in [0.1, 0.15) is 5.54 Å². The largest absolute Gasteiger partial charge is 0.376 e. The van der Waals surface area contributed by atoms with Crippen molar-refractivity contribution < 1.29 is 0 Å². The van der Waals surface area contributed by atoms with Gasteiger partial charge in [-0.05, 0) is 91.0 Å². The summed E-state index contributed by atoms with van der Waals surface area (Å²) >= 11 is 0. The fraction of sp³-hybridized carbons (Fsp3) is 0.0299. The Morgan fingerprint density at radius 1 is 0.347 bits per heavy atom. The zero-order chi connectivity index (χ0) is 49.6. The zero-order valence-corrected chi connectivity index (χ0v) is 40.6. The first-order valence-corrected chi connectivity index (χ1v) is 25.2. The molecule has 6 aromatic carbocycles. The molecule has 1 unspecified atom stereocenters. The normalized spacial score (nSPS) is 14.9. The molecule has 1 aliphatic carbocycles. The van der Waals surface area contributed by atoms with E-state index in [1.165, 1.54) is 5.57 Å². The van der Waals surface area contributed by atoms with Crippen LogP contribution in [-0.4, -0.2) is 34.9 Å². The molecule has 0 saturated carbocycles. The van der Waals surface area contributed by atoms with E-state index in [1.54, 1.807) is 0 Å². The van der Waals surface area contributed by atoms with Crippen LogP contribution in [0.4, 0.5) is 0 Å². The average Bonchev–Trinajstić information content (AvgIpc) is 3.48. The molecule has 0 saturated heterocycles. The third-order valence-corrected chi connectivity index (χ3v) is 15.0. The highest BCUT2D eigenvalue weighted by molar-refractivity contribution is 6.06. The SMILES string of the molecule is CC12NC=CC=C1C=Cc1ccc(-c3cccc(-c4ccc5ccc6ccc(-c7cccc(-c8ccc9ccc%10ccc(-c%11cccc(-c%12ccc%13ccc%14cccnc%14c%13n%12)c%11)nc%10c9n8)c7)nc6c5n4)c3)nc12. The maximum Gasteiger partial charge on any atom is 0.102 e. The molecule has 8 heterocycles. The smallest absolute Gasteiger partial charge is 0.102 e. The van der Waals surface area contributed by atoms with Crippen LogP contribution in [0.25, 0.3) is 139 Å². The summed E-state index contributed by atoms with van der Waals surface area (Å²) in [5, 5.41) is 9.81. The molecule has 0 radical (unpaired) electrons. The number of hydrogen-bond acceptors (Lipinski definition) is 8. The van der Waals surface area contributed by atoms with Crippen LogP contribution in [0.15, 0.2) is 230 Å². The Hall–Kier alpha value is -10.0. The van der Waals surface area contributed by atoms with Crippen LogP contribution in [-0.2, 0) is 5.54 Å². The number of benzene rings is 6. The van der Waals surface area contributed by atoms with E-state index < -0.39 is 5.54 Å². The van der Waals surface area contributed by atoms with E-state index in [9.17, 15) is 0 Å². The molecule has 13 aromatic rings. The highest BCUT2D eigenvalue weighted by Crippen LogP contribution is 2.40. The van der Waals surface area contributed by atoms with Crippen LogP contribution >= 0.6 is 0 Å². The molecular weight excluding hydrogens is 917 g/mol. The lowest BCUT2D eigenvalue weighted by Gasteiger charge is -2.36.